The summed E-state index contributed by atoms with van der Waals surface area (Å²) in [4.78, 5) is 0. The largest absolute Gasteiger partial charge is 0.460 e. The van der Waals surface area contributed by atoms with Gasteiger partial charge in [0.05, 0.1) is 5.75 Å². The zero-order chi connectivity index (χ0) is 16.2. The van der Waals surface area contributed by atoms with Gasteiger partial charge in [0.1, 0.15) is 0 Å². The summed E-state index contributed by atoms with van der Waals surface area (Å²) in [5.74, 6) is -16.7. The number of halogens is 9. The highest BCUT2D eigenvalue weighted by Gasteiger charge is 2.87. The molecule has 0 bridgehead atoms. The Morgan fingerprint density at radius 2 is 1.16 bits per heavy atom. The summed E-state index contributed by atoms with van der Waals surface area (Å²) < 4.78 is 139. The second-order valence-corrected chi connectivity index (χ2v) is 6.59. The fourth-order valence-corrected chi connectivity index (χ4v) is 1.81. The molecule has 3 nitrogen and oxygen atoms in total. The highest BCUT2D eigenvalue weighted by Crippen LogP contribution is 2.58. The number of hydrogen-bond donors (Lipinski definition) is 2. The predicted molar refractivity (Wildman–Crippen MR) is 44.8 cm³/mol. The minimum atomic E-state index is -7.75. The molecule has 0 aromatic carbocycles. The van der Waals surface area contributed by atoms with Crippen molar-refractivity contribution in [2.45, 2.75) is 30.2 Å². The van der Waals surface area contributed by atoms with E-state index in [-0.39, 0.29) is 6.92 Å². The Morgan fingerprint density at radius 1 is 0.842 bits per heavy atom. The summed E-state index contributed by atoms with van der Waals surface area (Å²) in [6, 6.07) is 0. The van der Waals surface area contributed by atoms with E-state index in [1.54, 1.807) is 0 Å². The van der Waals surface area contributed by atoms with E-state index in [1.165, 1.54) is 0 Å². The zero-order valence-electron chi connectivity index (χ0n) is 8.82. The molecule has 0 aliphatic carbocycles. The Hall–Kier alpha value is -0.560. The van der Waals surface area contributed by atoms with Crippen molar-refractivity contribution in [2.75, 3.05) is 5.75 Å². The van der Waals surface area contributed by atoms with Gasteiger partial charge in [-0.25, -0.2) is 4.21 Å². The average molecular weight is 330 g/mol. The summed E-state index contributed by atoms with van der Waals surface area (Å²) in [6.45, 7) is 0.227. The molecule has 0 aromatic heterocycles. The van der Waals surface area contributed by atoms with Crippen molar-refractivity contribution in [3.05, 3.63) is 0 Å². The summed E-state index contributed by atoms with van der Waals surface area (Å²) in [7, 11) is -7.75. The van der Waals surface area contributed by atoms with E-state index < -0.39 is 38.7 Å². The third-order valence-electron chi connectivity index (χ3n) is 2.15. The van der Waals surface area contributed by atoms with Crippen molar-refractivity contribution in [1.82, 2.24) is 0 Å². The maximum atomic E-state index is 12.9. The normalized spacial score (nSPS) is 18.0. The number of hydrogen-bond acceptors (Lipinski definition) is 1. The maximum absolute atomic E-state index is 12.9. The predicted octanol–water partition coefficient (Wildman–Crippen LogP) is 3.20. The molecule has 0 aromatic rings. The van der Waals surface area contributed by atoms with Gasteiger partial charge < -0.3 is 9.11 Å². The number of rotatable bonds is 4. The third kappa shape index (κ3) is 2.31. The third-order valence-corrected chi connectivity index (χ3v) is 4.48. The van der Waals surface area contributed by atoms with Crippen molar-refractivity contribution < 1.29 is 52.8 Å². The molecule has 118 valence electrons. The minimum absolute atomic E-state index is 0.227. The first-order chi connectivity index (χ1) is 7.84. The van der Waals surface area contributed by atoms with Crippen LogP contribution in [0.4, 0.5) is 39.5 Å². The lowest BCUT2D eigenvalue weighted by Crippen LogP contribution is -2.69. The van der Waals surface area contributed by atoms with Gasteiger partial charge in [0.25, 0.3) is 0 Å². The molecule has 0 unspecified atom stereocenters. The molecule has 0 saturated carbocycles. The summed E-state index contributed by atoms with van der Waals surface area (Å²) >= 11 is 0. The quantitative estimate of drug-likeness (QED) is 0.779. The SMILES string of the molecule is CCS(=O)(O)(O)C(F)(F)C(F)(F)C(F)(F)C(F)(F)F. The number of alkyl halides is 9. The summed E-state index contributed by atoms with van der Waals surface area (Å²) in [6.07, 6.45) is -7.12. The second-order valence-electron chi connectivity index (χ2n) is 3.47. The highest BCUT2D eigenvalue weighted by atomic mass is 32.3. The van der Waals surface area contributed by atoms with Crippen LogP contribution in [0.2, 0.25) is 0 Å². The van der Waals surface area contributed by atoms with Crippen LogP contribution < -0.4 is 0 Å². The van der Waals surface area contributed by atoms with Gasteiger partial charge in [0.2, 0.25) is 0 Å². The van der Waals surface area contributed by atoms with Crippen LogP contribution in [0.1, 0.15) is 6.92 Å². The standard InChI is InChI=1S/C6H7F9O3S/c1-2-19(16,17,18)6(14,15)4(9,10)3(7,8)5(11,12)13/h2H2,1H3,(H2,16,17,18). The Balaban J connectivity index is 6.16. The molecular formula is C6H7F9O3S. The average Bonchev–Trinajstić information content (AvgIpc) is 2.14. The van der Waals surface area contributed by atoms with Crippen molar-refractivity contribution in [2.24, 2.45) is 0 Å². The van der Waals surface area contributed by atoms with Crippen LogP contribution in [0.25, 0.3) is 0 Å². The second kappa shape index (κ2) is 3.97. The van der Waals surface area contributed by atoms with Gasteiger partial charge >= 0.3 is 23.3 Å². The van der Waals surface area contributed by atoms with Crippen LogP contribution in [0.5, 0.6) is 0 Å². The van der Waals surface area contributed by atoms with E-state index in [0.29, 0.717) is 0 Å². The van der Waals surface area contributed by atoms with Crippen molar-refractivity contribution in [3.8, 4) is 0 Å². The van der Waals surface area contributed by atoms with Gasteiger partial charge in [-0.2, -0.15) is 39.5 Å². The Labute approximate surface area is 99.4 Å². The van der Waals surface area contributed by atoms with Crippen LogP contribution in [-0.4, -0.2) is 42.3 Å². The monoisotopic (exact) mass is 330 g/mol. The first-order valence-corrected chi connectivity index (χ1v) is 6.23. The molecule has 0 spiro atoms. The lowest BCUT2D eigenvalue weighted by molar-refractivity contribution is -0.383. The molecule has 0 saturated heterocycles. The van der Waals surface area contributed by atoms with Gasteiger partial charge in [-0.05, 0) is 0 Å². The molecular weight excluding hydrogens is 323 g/mol. The van der Waals surface area contributed by atoms with Crippen LogP contribution in [-0.2, 0) is 9.63 Å². The van der Waals surface area contributed by atoms with E-state index in [0.717, 1.165) is 0 Å². The molecule has 2 N–H and O–H groups in total. The van der Waals surface area contributed by atoms with Crippen molar-refractivity contribution >= 4 is 9.63 Å². The molecule has 0 aliphatic rings. The van der Waals surface area contributed by atoms with Crippen LogP contribution in [0, 0.1) is 0 Å². The molecule has 0 heterocycles. The van der Waals surface area contributed by atoms with E-state index >= 15 is 0 Å². The van der Waals surface area contributed by atoms with Gasteiger partial charge in [-0.3, -0.25) is 0 Å². The lowest BCUT2D eigenvalue weighted by atomic mass is 10.1. The molecule has 0 rings (SSSR count). The van der Waals surface area contributed by atoms with Gasteiger partial charge in [-0.15, -0.1) is 0 Å². The Kier molecular flexibility index (Phi) is 3.86. The molecule has 0 radical (unpaired) electrons. The minimum Gasteiger partial charge on any atom is -0.303 e. The van der Waals surface area contributed by atoms with E-state index in [9.17, 15) is 43.7 Å². The fourth-order valence-electron chi connectivity index (χ4n) is 0.800. The van der Waals surface area contributed by atoms with Crippen LogP contribution >= 0.6 is 0 Å². The van der Waals surface area contributed by atoms with Crippen LogP contribution in [0.15, 0.2) is 0 Å². The first kappa shape index (κ1) is 18.4. The van der Waals surface area contributed by atoms with E-state index in [2.05, 4.69) is 0 Å². The summed E-state index contributed by atoms with van der Waals surface area (Å²) in [5, 5.41) is -6.92. The smallest absolute Gasteiger partial charge is 0.303 e. The summed E-state index contributed by atoms with van der Waals surface area (Å²) in [5.41, 5.74) is 0. The Morgan fingerprint density at radius 3 is 1.37 bits per heavy atom. The Bertz CT molecular complexity index is 420. The fraction of sp³-hybridized carbons (Fsp3) is 1.00. The van der Waals surface area contributed by atoms with Crippen molar-refractivity contribution in [1.29, 1.82) is 0 Å². The topological polar surface area (TPSA) is 57.5 Å². The van der Waals surface area contributed by atoms with Gasteiger partial charge in [-0.1, -0.05) is 6.92 Å². The maximum Gasteiger partial charge on any atom is 0.460 e. The van der Waals surface area contributed by atoms with Crippen molar-refractivity contribution in [3.63, 3.8) is 0 Å². The molecule has 0 aliphatic heterocycles. The molecule has 19 heavy (non-hydrogen) atoms. The highest BCUT2D eigenvalue weighted by molar-refractivity contribution is 8.11. The van der Waals surface area contributed by atoms with Gasteiger partial charge in [0, 0.05) is 0 Å². The molecule has 0 amide bonds. The lowest BCUT2D eigenvalue weighted by Gasteiger charge is -2.42. The van der Waals surface area contributed by atoms with E-state index in [4.69, 9.17) is 9.11 Å². The zero-order valence-corrected chi connectivity index (χ0v) is 9.64. The molecule has 0 fully saturated rings. The van der Waals surface area contributed by atoms with E-state index in [1.807, 2.05) is 0 Å². The first-order valence-electron chi connectivity index (χ1n) is 4.18. The van der Waals surface area contributed by atoms with Gasteiger partial charge in [0.15, 0.2) is 9.63 Å². The molecule has 0 atom stereocenters. The molecule has 13 heteroatoms. The van der Waals surface area contributed by atoms with Crippen LogP contribution in [0.3, 0.4) is 0 Å².